The summed E-state index contributed by atoms with van der Waals surface area (Å²) in [6, 6.07) is -0.555. The molecule has 1 rings (SSSR count). The summed E-state index contributed by atoms with van der Waals surface area (Å²) in [4.78, 5) is 10.5. The van der Waals surface area contributed by atoms with Crippen LogP contribution >= 0.6 is 0 Å². The van der Waals surface area contributed by atoms with Crippen molar-refractivity contribution in [2.45, 2.75) is 31.1 Å². The van der Waals surface area contributed by atoms with E-state index in [0.717, 1.165) is 0 Å². The van der Waals surface area contributed by atoms with Gasteiger partial charge in [0.15, 0.2) is 0 Å². The predicted octanol–water partition coefficient (Wildman–Crippen LogP) is -1.47. The Morgan fingerprint density at radius 1 is 1.25 bits per heavy atom. The van der Waals surface area contributed by atoms with Gasteiger partial charge in [0.2, 0.25) is 0 Å². The zero-order chi connectivity index (χ0) is 9.30. The average Bonchev–Trinajstić information content (AvgIpc) is 1.96. The first-order chi connectivity index (χ1) is 5.52. The number of carbonyl (C=O) groups is 1. The van der Waals surface area contributed by atoms with Gasteiger partial charge < -0.3 is 21.1 Å². The molecule has 0 aromatic heterocycles. The lowest BCUT2D eigenvalue weighted by molar-refractivity contribution is -0.147. The monoisotopic (exact) mass is 175 g/mol. The second-order valence-electron chi connectivity index (χ2n) is 3.21. The number of aliphatic carboxylic acids is 1. The molecule has 0 aromatic carbocycles. The smallest absolute Gasteiger partial charge is 0.308 e. The quantitative estimate of drug-likeness (QED) is 0.389. The molecule has 1 aliphatic rings. The minimum Gasteiger partial charge on any atom is -0.481 e. The number of aliphatic hydroxyl groups excluding tert-OH is 2. The Bertz CT molecular complexity index is 184. The van der Waals surface area contributed by atoms with E-state index in [4.69, 9.17) is 21.1 Å². The maximum absolute atomic E-state index is 10.5. The molecule has 5 heteroatoms. The normalized spacial score (nSPS) is 42.6. The molecule has 4 unspecified atom stereocenters. The third-order valence-corrected chi connectivity index (χ3v) is 2.29. The topological polar surface area (TPSA) is 104 Å². The van der Waals surface area contributed by atoms with Gasteiger partial charge in [-0.25, -0.2) is 0 Å². The van der Waals surface area contributed by atoms with E-state index in [1.54, 1.807) is 0 Å². The van der Waals surface area contributed by atoms with E-state index >= 15 is 0 Å². The molecule has 0 amide bonds. The van der Waals surface area contributed by atoms with Gasteiger partial charge in [-0.05, 0) is 12.8 Å². The number of carboxylic acid groups (broad SMARTS) is 1. The SMILES string of the molecule is NC1CC(O)C(O)CC1C(=O)O. The van der Waals surface area contributed by atoms with Gasteiger partial charge in [0.25, 0.3) is 0 Å². The number of hydrogen-bond donors (Lipinski definition) is 4. The highest BCUT2D eigenvalue weighted by molar-refractivity contribution is 5.71. The van der Waals surface area contributed by atoms with Crippen LogP contribution in [0.4, 0.5) is 0 Å². The summed E-state index contributed by atoms with van der Waals surface area (Å²) in [5.41, 5.74) is 5.48. The van der Waals surface area contributed by atoms with E-state index in [1.165, 1.54) is 0 Å². The van der Waals surface area contributed by atoms with Crippen LogP contribution < -0.4 is 5.73 Å². The fourth-order valence-corrected chi connectivity index (χ4v) is 1.48. The highest BCUT2D eigenvalue weighted by Gasteiger charge is 2.37. The Labute approximate surface area is 69.8 Å². The molecule has 1 saturated carbocycles. The first-order valence-corrected chi connectivity index (χ1v) is 3.87. The van der Waals surface area contributed by atoms with Gasteiger partial charge in [0.1, 0.15) is 0 Å². The summed E-state index contributed by atoms with van der Waals surface area (Å²) in [6.45, 7) is 0. The molecule has 0 radical (unpaired) electrons. The van der Waals surface area contributed by atoms with E-state index in [2.05, 4.69) is 0 Å². The van der Waals surface area contributed by atoms with Crippen LogP contribution in [0.3, 0.4) is 0 Å². The maximum atomic E-state index is 10.5. The first-order valence-electron chi connectivity index (χ1n) is 3.87. The van der Waals surface area contributed by atoms with Crippen molar-refractivity contribution >= 4 is 5.97 Å². The summed E-state index contributed by atoms with van der Waals surface area (Å²) in [5, 5.41) is 26.9. The Morgan fingerprint density at radius 2 is 1.75 bits per heavy atom. The molecule has 0 heterocycles. The van der Waals surface area contributed by atoms with E-state index in [-0.39, 0.29) is 12.8 Å². The Balaban J connectivity index is 2.61. The number of carboxylic acids is 1. The van der Waals surface area contributed by atoms with Crippen LogP contribution in [0.2, 0.25) is 0 Å². The van der Waals surface area contributed by atoms with Gasteiger partial charge in [-0.2, -0.15) is 0 Å². The van der Waals surface area contributed by atoms with Crippen molar-refractivity contribution in [2.24, 2.45) is 11.7 Å². The zero-order valence-corrected chi connectivity index (χ0v) is 6.55. The number of hydrogen-bond acceptors (Lipinski definition) is 4. The molecule has 12 heavy (non-hydrogen) atoms. The third kappa shape index (κ3) is 1.74. The molecule has 5 N–H and O–H groups in total. The summed E-state index contributed by atoms with van der Waals surface area (Å²) < 4.78 is 0. The fourth-order valence-electron chi connectivity index (χ4n) is 1.48. The second kappa shape index (κ2) is 3.38. The molecular weight excluding hydrogens is 162 g/mol. The molecule has 0 bridgehead atoms. The molecule has 0 saturated heterocycles. The highest BCUT2D eigenvalue weighted by Crippen LogP contribution is 2.23. The molecule has 1 fully saturated rings. The van der Waals surface area contributed by atoms with Gasteiger partial charge in [-0.3, -0.25) is 4.79 Å². The first kappa shape index (κ1) is 9.44. The minimum atomic E-state index is -1.01. The number of aliphatic hydroxyl groups is 2. The van der Waals surface area contributed by atoms with E-state index < -0.39 is 30.1 Å². The lowest BCUT2D eigenvalue weighted by atomic mass is 9.82. The van der Waals surface area contributed by atoms with Crippen LogP contribution in [-0.2, 0) is 4.79 Å². The number of rotatable bonds is 1. The Hall–Kier alpha value is -0.650. The van der Waals surface area contributed by atoms with Gasteiger partial charge in [-0.1, -0.05) is 0 Å². The lowest BCUT2D eigenvalue weighted by Gasteiger charge is -2.32. The van der Waals surface area contributed by atoms with Crippen molar-refractivity contribution in [3.63, 3.8) is 0 Å². The molecule has 5 nitrogen and oxygen atoms in total. The van der Waals surface area contributed by atoms with Crippen LogP contribution in [0.5, 0.6) is 0 Å². The molecule has 4 atom stereocenters. The molecule has 0 aliphatic heterocycles. The molecule has 0 spiro atoms. The van der Waals surface area contributed by atoms with Crippen LogP contribution in [0, 0.1) is 5.92 Å². The van der Waals surface area contributed by atoms with Crippen LogP contribution in [0.15, 0.2) is 0 Å². The Morgan fingerprint density at radius 3 is 2.25 bits per heavy atom. The van der Waals surface area contributed by atoms with Gasteiger partial charge in [0.05, 0.1) is 18.1 Å². The van der Waals surface area contributed by atoms with Crippen LogP contribution in [-0.4, -0.2) is 39.5 Å². The summed E-state index contributed by atoms with van der Waals surface area (Å²) in [6.07, 6.45) is -1.64. The van der Waals surface area contributed by atoms with E-state index in [0.29, 0.717) is 0 Å². The van der Waals surface area contributed by atoms with Gasteiger partial charge >= 0.3 is 5.97 Å². The highest BCUT2D eigenvalue weighted by atomic mass is 16.4. The third-order valence-electron chi connectivity index (χ3n) is 2.29. The summed E-state index contributed by atoms with van der Waals surface area (Å²) in [7, 11) is 0. The van der Waals surface area contributed by atoms with Crippen molar-refractivity contribution < 1.29 is 20.1 Å². The van der Waals surface area contributed by atoms with Gasteiger partial charge in [0, 0.05) is 6.04 Å². The van der Waals surface area contributed by atoms with Crippen molar-refractivity contribution in [3.8, 4) is 0 Å². The average molecular weight is 175 g/mol. The molecule has 1 aliphatic carbocycles. The van der Waals surface area contributed by atoms with E-state index in [9.17, 15) is 4.79 Å². The predicted molar refractivity (Wildman–Crippen MR) is 40.3 cm³/mol. The van der Waals surface area contributed by atoms with E-state index in [1.807, 2.05) is 0 Å². The standard InChI is InChI=1S/C7H13NO4/c8-4-2-6(10)5(9)1-3(4)7(11)12/h3-6,9-10H,1-2,8H2,(H,11,12). The zero-order valence-electron chi connectivity index (χ0n) is 6.55. The van der Waals surface area contributed by atoms with Crippen molar-refractivity contribution in [1.82, 2.24) is 0 Å². The van der Waals surface area contributed by atoms with Crippen molar-refractivity contribution in [1.29, 1.82) is 0 Å². The Kier molecular flexibility index (Phi) is 2.66. The molecule has 0 aromatic rings. The van der Waals surface area contributed by atoms with Crippen molar-refractivity contribution in [3.05, 3.63) is 0 Å². The van der Waals surface area contributed by atoms with Crippen LogP contribution in [0.25, 0.3) is 0 Å². The second-order valence-corrected chi connectivity index (χ2v) is 3.21. The molecule has 70 valence electrons. The molecular formula is C7H13NO4. The summed E-state index contributed by atoms with van der Waals surface area (Å²) in [5.74, 6) is -1.74. The van der Waals surface area contributed by atoms with Crippen molar-refractivity contribution in [2.75, 3.05) is 0 Å². The van der Waals surface area contributed by atoms with Gasteiger partial charge in [-0.15, -0.1) is 0 Å². The van der Waals surface area contributed by atoms with Crippen LogP contribution in [0.1, 0.15) is 12.8 Å². The maximum Gasteiger partial charge on any atom is 0.308 e. The lowest BCUT2D eigenvalue weighted by Crippen LogP contribution is -2.48. The number of nitrogens with two attached hydrogens (primary N) is 1. The largest absolute Gasteiger partial charge is 0.481 e. The summed E-state index contributed by atoms with van der Waals surface area (Å²) >= 11 is 0. The fraction of sp³-hybridized carbons (Fsp3) is 0.857. The minimum absolute atomic E-state index is 0.0394.